The molecule has 4 heterocycles. The van der Waals surface area contributed by atoms with E-state index in [9.17, 15) is 18.0 Å². The molecule has 250 valence electrons. The van der Waals surface area contributed by atoms with E-state index in [1.54, 1.807) is 30.6 Å². The molecule has 0 aliphatic carbocycles. The van der Waals surface area contributed by atoms with Crippen molar-refractivity contribution in [3.63, 3.8) is 0 Å². The quantitative estimate of drug-likeness (QED) is 0.338. The van der Waals surface area contributed by atoms with Gasteiger partial charge in [-0.1, -0.05) is 24.6 Å². The molecule has 10 nitrogen and oxygen atoms in total. The van der Waals surface area contributed by atoms with Crippen molar-refractivity contribution in [1.29, 1.82) is 0 Å². The zero-order valence-corrected chi connectivity index (χ0v) is 27.5. The molecule has 2 fully saturated rings. The second-order valence-electron chi connectivity index (χ2n) is 12.9. The van der Waals surface area contributed by atoms with Gasteiger partial charge >= 0.3 is 18.3 Å². The van der Waals surface area contributed by atoms with Gasteiger partial charge in [0.25, 0.3) is 0 Å². The molecular formula is C32H41ClF3N7O3. The monoisotopic (exact) mass is 663 g/mol. The molecule has 0 unspecified atom stereocenters. The number of amides is 1. The van der Waals surface area contributed by atoms with Crippen molar-refractivity contribution in [3.05, 3.63) is 51.5 Å². The lowest BCUT2D eigenvalue weighted by Gasteiger charge is -2.41. The molecule has 1 amide bonds. The number of aromatic nitrogens is 2. The molecule has 2 aromatic rings. The Morgan fingerprint density at radius 2 is 1.89 bits per heavy atom. The fourth-order valence-electron chi connectivity index (χ4n) is 6.52. The molecule has 0 bridgehead atoms. The summed E-state index contributed by atoms with van der Waals surface area (Å²) in [5.74, 6) is 0.624. The first-order valence-electron chi connectivity index (χ1n) is 15.7. The number of alkyl halides is 3. The van der Waals surface area contributed by atoms with Crippen LogP contribution >= 0.6 is 11.6 Å². The minimum Gasteiger partial charge on any atom is -0.462 e. The number of likely N-dealkylation sites (tertiary alicyclic amines) is 1. The van der Waals surface area contributed by atoms with Gasteiger partial charge in [-0.05, 0) is 65.3 Å². The first-order chi connectivity index (χ1) is 21.8. The molecule has 5 rings (SSSR count). The Morgan fingerprint density at radius 1 is 1.11 bits per heavy atom. The van der Waals surface area contributed by atoms with Gasteiger partial charge in [0.1, 0.15) is 24.1 Å². The van der Waals surface area contributed by atoms with Crippen LogP contribution in [0.3, 0.4) is 0 Å². The van der Waals surface area contributed by atoms with Crippen LogP contribution in [0.5, 0.6) is 6.01 Å². The van der Waals surface area contributed by atoms with Gasteiger partial charge in [-0.2, -0.15) is 23.1 Å². The van der Waals surface area contributed by atoms with Crippen molar-refractivity contribution >= 4 is 29.2 Å². The van der Waals surface area contributed by atoms with Crippen molar-refractivity contribution in [1.82, 2.24) is 19.8 Å². The van der Waals surface area contributed by atoms with Crippen LogP contribution in [0.2, 0.25) is 5.02 Å². The molecule has 0 radical (unpaired) electrons. The van der Waals surface area contributed by atoms with Gasteiger partial charge in [-0.3, -0.25) is 9.80 Å². The predicted octanol–water partition coefficient (Wildman–Crippen LogP) is 5.92. The molecule has 3 aliphatic rings. The summed E-state index contributed by atoms with van der Waals surface area (Å²) >= 11 is 6.06. The summed E-state index contributed by atoms with van der Waals surface area (Å²) < 4.78 is 54.1. The Bertz CT molecular complexity index is 1460. The van der Waals surface area contributed by atoms with Crippen molar-refractivity contribution in [3.8, 4) is 6.01 Å². The van der Waals surface area contributed by atoms with Gasteiger partial charge in [-0.25, -0.2) is 11.4 Å². The minimum atomic E-state index is -4.63. The molecule has 0 saturated carbocycles. The lowest BCUT2D eigenvalue weighted by Crippen LogP contribution is -2.57. The Morgan fingerprint density at radius 3 is 2.59 bits per heavy atom. The molecule has 1 aromatic carbocycles. The van der Waals surface area contributed by atoms with Crippen LogP contribution in [0, 0.1) is 6.57 Å². The number of likely N-dealkylation sites (N-methyl/N-ethyl adjacent to an activating group) is 1. The predicted molar refractivity (Wildman–Crippen MR) is 169 cm³/mol. The molecular weight excluding hydrogens is 623 g/mol. The van der Waals surface area contributed by atoms with E-state index < -0.39 is 29.5 Å². The number of ether oxygens (including phenoxy) is 2. The van der Waals surface area contributed by atoms with Gasteiger partial charge in [0, 0.05) is 37.8 Å². The Kier molecular flexibility index (Phi) is 10.1. The summed E-state index contributed by atoms with van der Waals surface area (Å²) in [4.78, 5) is 33.8. The molecule has 14 heteroatoms. The lowest BCUT2D eigenvalue weighted by atomic mass is 10.0. The first-order valence-corrected chi connectivity index (χ1v) is 16.1. The molecule has 46 heavy (non-hydrogen) atoms. The summed E-state index contributed by atoms with van der Waals surface area (Å²) in [6.45, 7) is 18.9. The molecule has 2 atom stereocenters. The third-order valence-corrected chi connectivity index (χ3v) is 8.98. The maximum Gasteiger partial charge on any atom is 0.419 e. The van der Waals surface area contributed by atoms with E-state index in [1.807, 2.05) is 4.90 Å². The second-order valence-corrected chi connectivity index (χ2v) is 13.3. The smallest absolute Gasteiger partial charge is 0.419 e. The van der Waals surface area contributed by atoms with Gasteiger partial charge in [-0.15, -0.1) is 0 Å². The summed E-state index contributed by atoms with van der Waals surface area (Å²) in [6, 6.07) is 4.16. The Balaban J connectivity index is 1.47. The summed E-state index contributed by atoms with van der Waals surface area (Å²) in [6.07, 6.45) is -2.63. The zero-order valence-electron chi connectivity index (χ0n) is 26.7. The fourth-order valence-corrected chi connectivity index (χ4v) is 6.80. The van der Waals surface area contributed by atoms with Gasteiger partial charge in [0.05, 0.1) is 28.5 Å². The number of piperazine rings is 1. The van der Waals surface area contributed by atoms with Gasteiger partial charge < -0.3 is 24.1 Å². The zero-order chi connectivity index (χ0) is 33.2. The lowest BCUT2D eigenvalue weighted by molar-refractivity contribution is -0.137. The van der Waals surface area contributed by atoms with Crippen molar-refractivity contribution in [2.45, 2.75) is 77.4 Å². The molecule has 0 spiro atoms. The normalized spacial score (nSPS) is 20.8. The van der Waals surface area contributed by atoms with Crippen LogP contribution < -0.4 is 14.5 Å². The van der Waals surface area contributed by atoms with Crippen LogP contribution in [-0.4, -0.2) is 96.0 Å². The maximum atomic E-state index is 14.1. The van der Waals surface area contributed by atoms with Crippen molar-refractivity contribution in [2.24, 2.45) is 0 Å². The van der Waals surface area contributed by atoms with Crippen LogP contribution in [0.1, 0.15) is 57.4 Å². The van der Waals surface area contributed by atoms with Crippen LogP contribution in [0.15, 0.2) is 18.2 Å². The number of hydrogen-bond donors (Lipinski definition) is 0. The van der Waals surface area contributed by atoms with Crippen molar-refractivity contribution in [2.75, 3.05) is 62.2 Å². The SMILES string of the molecule is [C-]#[N+]C[C@H]1CN(c2nc(OC[C@@H]3CCCN3CC)nc3c2CCN(c2cccc(Cl)c2C(F)(F)F)C3)CCN1C(=O)OC(C)(C)C. The van der Waals surface area contributed by atoms with E-state index >= 15 is 0 Å². The summed E-state index contributed by atoms with van der Waals surface area (Å²) in [7, 11) is 0. The number of rotatable bonds is 7. The van der Waals surface area contributed by atoms with Crippen LogP contribution in [0.25, 0.3) is 4.85 Å². The number of anilines is 2. The average molecular weight is 664 g/mol. The highest BCUT2D eigenvalue weighted by molar-refractivity contribution is 6.31. The summed E-state index contributed by atoms with van der Waals surface area (Å²) in [5.41, 5.74) is -0.146. The molecule has 3 aliphatic heterocycles. The molecule has 2 saturated heterocycles. The van der Waals surface area contributed by atoms with E-state index in [2.05, 4.69) is 16.7 Å². The van der Waals surface area contributed by atoms with Crippen LogP contribution in [-0.2, 0) is 23.9 Å². The number of halogens is 4. The Hall–Kier alpha value is -3.50. The topological polar surface area (TPSA) is 78.6 Å². The Labute approximate surface area is 273 Å². The maximum absolute atomic E-state index is 14.1. The number of fused-ring (bicyclic) bond motifs is 1. The number of benzene rings is 1. The number of nitrogens with zero attached hydrogens (tertiary/aromatic N) is 7. The van der Waals surface area contributed by atoms with Gasteiger partial charge in [0.2, 0.25) is 6.54 Å². The fraction of sp³-hybridized carbons (Fsp3) is 0.625. The van der Waals surface area contributed by atoms with E-state index in [0.29, 0.717) is 50.7 Å². The largest absolute Gasteiger partial charge is 0.462 e. The highest BCUT2D eigenvalue weighted by atomic mass is 35.5. The van der Waals surface area contributed by atoms with Gasteiger partial charge in [0.15, 0.2) is 0 Å². The number of carbonyl (C=O) groups excluding carboxylic acids is 1. The summed E-state index contributed by atoms with van der Waals surface area (Å²) in [5, 5.41) is -0.353. The second kappa shape index (κ2) is 13.7. The highest BCUT2D eigenvalue weighted by Gasteiger charge is 2.40. The van der Waals surface area contributed by atoms with E-state index in [4.69, 9.17) is 37.6 Å². The number of carbonyl (C=O) groups is 1. The average Bonchev–Trinajstić information content (AvgIpc) is 3.45. The highest BCUT2D eigenvalue weighted by Crippen LogP contribution is 2.43. The van der Waals surface area contributed by atoms with Crippen LogP contribution in [0.4, 0.5) is 29.5 Å². The molecule has 0 N–H and O–H groups in total. The number of hydrogen-bond acceptors (Lipinski definition) is 8. The van der Waals surface area contributed by atoms with E-state index in [1.165, 1.54) is 18.2 Å². The third kappa shape index (κ3) is 7.55. The van der Waals surface area contributed by atoms with Crippen molar-refractivity contribution < 1.29 is 27.4 Å². The minimum absolute atomic E-state index is 0.000852. The van der Waals surface area contributed by atoms with E-state index in [0.717, 1.165) is 31.5 Å². The third-order valence-electron chi connectivity index (χ3n) is 8.66. The van der Waals surface area contributed by atoms with E-state index in [-0.39, 0.29) is 35.9 Å². The first kappa shape index (κ1) is 33.9. The molecule has 1 aromatic heterocycles. The standard InChI is InChI=1S/C32H41ClF3N7O3/c1-6-40-13-8-9-21(40)20-45-29-38-25-19-41(26-11-7-10-24(33)27(26)32(34,35)36)14-12-23(25)28(39-29)42-15-16-43(22(18-42)17-37-5)30(44)46-31(2,3)4/h7,10-11,21-22H,6,8-9,12-20H2,1-4H3/t21-,22-/m0/s1.